The molecule has 0 aliphatic rings. The van der Waals surface area contributed by atoms with Crippen LogP contribution in [0.2, 0.25) is 0 Å². The quantitative estimate of drug-likeness (QED) is 0.184. The van der Waals surface area contributed by atoms with Gasteiger partial charge in [-0.3, -0.25) is 0 Å². The summed E-state index contributed by atoms with van der Waals surface area (Å²) >= 11 is 0. The smallest absolute Gasteiger partial charge is 0.180 e. The lowest BCUT2D eigenvalue weighted by molar-refractivity contribution is 0.667. The molecule has 0 N–H and O–H groups in total. The Balaban J connectivity index is 1.13. The summed E-state index contributed by atoms with van der Waals surface area (Å²) in [6.45, 7) is 0. The SMILES string of the molecule is c1ccc(-c2cccc(-c3ccc(-c4nc(-c5cccc(-c6cccc(-c7ccccc7)c6)c5)c5oc6ccccc6c5n4)cc3)c2)cc1. The highest BCUT2D eigenvalue weighted by molar-refractivity contribution is 6.07. The van der Waals surface area contributed by atoms with Crippen molar-refractivity contribution in [2.24, 2.45) is 0 Å². The van der Waals surface area contributed by atoms with Gasteiger partial charge in [0.2, 0.25) is 0 Å². The number of aromatic nitrogens is 2. The molecule has 0 bridgehead atoms. The number of para-hydroxylation sites is 1. The summed E-state index contributed by atoms with van der Waals surface area (Å²) in [7, 11) is 0. The van der Waals surface area contributed by atoms with Crippen LogP contribution in [0.3, 0.4) is 0 Å². The fourth-order valence-corrected chi connectivity index (χ4v) is 6.59. The number of nitrogens with zero attached hydrogens (tertiary/aromatic N) is 2. The van der Waals surface area contributed by atoms with Gasteiger partial charge in [0.1, 0.15) is 16.8 Å². The van der Waals surface area contributed by atoms with E-state index in [2.05, 4.69) is 152 Å². The first-order chi connectivity index (χ1) is 24.3. The van der Waals surface area contributed by atoms with Gasteiger partial charge in [0.15, 0.2) is 11.4 Å². The number of rotatable bonds is 6. The van der Waals surface area contributed by atoms with Gasteiger partial charge in [0.05, 0.1) is 0 Å². The van der Waals surface area contributed by atoms with Crippen LogP contribution in [0, 0.1) is 0 Å². The Morgan fingerprint density at radius 2 is 0.755 bits per heavy atom. The van der Waals surface area contributed by atoms with E-state index in [0.29, 0.717) is 11.4 Å². The number of benzene rings is 7. The maximum Gasteiger partial charge on any atom is 0.180 e. The topological polar surface area (TPSA) is 38.9 Å². The fourth-order valence-electron chi connectivity index (χ4n) is 6.59. The third-order valence-electron chi connectivity index (χ3n) is 9.10. The Kier molecular flexibility index (Phi) is 7.14. The minimum atomic E-state index is 0.662. The van der Waals surface area contributed by atoms with E-state index in [4.69, 9.17) is 14.4 Å². The van der Waals surface area contributed by atoms with Crippen molar-refractivity contribution in [3.8, 4) is 67.2 Å². The van der Waals surface area contributed by atoms with Crippen molar-refractivity contribution in [3.05, 3.63) is 182 Å². The standard InChI is InChI=1S/C46H30N2O/c1-3-12-31(13-4-1)35-16-9-18-37(28-35)33-24-26-34(27-25-33)46-47-43(45-44(48-46)41-22-7-8-23-42(41)49-45)40-21-11-20-39(30-40)38-19-10-17-36(29-38)32-14-5-2-6-15-32/h1-30H. The second-order valence-electron chi connectivity index (χ2n) is 12.2. The highest BCUT2D eigenvalue weighted by Gasteiger charge is 2.19. The van der Waals surface area contributed by atoms with Crippen LogP contribution < -0.4 is 0 Å². The van der Waals surface area contributed by atoms with Crippen molar-refractivity contribution in [1.29, 1.82) is 0 Å². The van der Waals surface area contributed by atoms with Gasteiger partial charge in [-0.15, -0.1) is 0 Å². The molecule has 3 nitrogen and oxygen atoms in total. The largest absolute Gasteiger partial charge is 0.452 e. The zero-order chi connectivity index (χ0) is 32.6. The van der Waals surface area contributed by atoms with E-state index in [1.165, 1.54) is 27.8 Å². The second-order valence-corrected chi connectivity index (χ2v) is 12.2. The van der Waals surface area contributed by atoms with Gasteiger partial charge in [-0.25, -0.2) is 9.97 Å². The molecule has 0 saturated carbocycles. The van der Waals surface area contributed by atoms with Crippen LogP contribution in [0.1, 0.15) is 0 Å². The molecule has 0 fully saturated rings. The van der Waals surface area contributed by atoms with Crippen molar-refractivity contribution in [1.82, 2.24) is 9.97 Å². The molecule has 2 aromatic heterocycles. The molecular formula is C46H30N2O. The Labute approximate surface area is 284 Å². The molecule has 9 rings (SSSR count). The summed E-state index contributed by atoms with van der Waals surface area (Å²) in [6, 6.07) is 63.5. The first-order valence-electron chi connectivity index (χ1n) is 16.5. The molecular weight excluding hydrogens is 597 g/mol. The van der Waals surface area contributed by atoms with Crippen molar-refractivity contribution >= 4 is 22.1 Å². The maximum atomic E-state index is 6.45. The molecule has 0 unspecified atom stereocenters. The van der Waals surface area contributed by atoms with Crippen LogP contribution in [0.4, 0.5) is 0 Å². The summed E-state index contributed by atoms with van der Waals surface area (Å²) in [5, 5.41) is 0.975. The van der Waals surface area contributed by atoms with Crippen LogP contribution >= 0.6 is 0 Å². The van der Waals surface area contributed by atoms with Crippen molar-refractivity contribution in [3.63, 3.8) is 0 Å². The highest BCUT2D eigenvalue weighted by atomic mass is 16.3. The molecule has 3 heteroatoms. The lowest BCUT2D eigenvalue weighted by Crippen LogP contribution is -1.94. The van der Waals surface area contributed by atoms with E-state index in [-0.39, 0.29) is 0 Å². The van der Waals surface area contributed by atoms with E-state index in [1.807, 2.05) is 30.3 Å². The lowest BCUT2D eigenvalue weighted by Gasteiger charge is -2.10. The molecule has 49 heavy (non-hydrogen) atoms. The number of hydrogen-bond acceptors (Lipinski definition) is 3. The van der Waals surface area contributed by atoms with Gasteiger partial charge in [0.25, 0.3) is 0 Å². The maximum absolute atomic E-state index is 6.45. The van der Waals surface area contributed by atoms with Gasteiger partial charge in [-0.2, -0.15) is 0 Å². The first-order valence-corrected chi connectivity index (χ1v) is 16.5. The predicted molar refractivity (Wildman–Crippen MR) is 202 cm³/mol. The molecule has 0 aliphatic carbocycles. The molecule has 0 saturated heterocycles. The van der Waals surface area contributed by atoms with Crippen LogP contribution in [0.5, 0.6) is 0 Å². The summed E-state index contributed by atoms with van der Waals surface area (Å²) in [5.74, 6) is 0.662. The minimum Gasteiger partial charge on any atom is -0.452 e. The molecule has 0 amide bonds. The molecule has 9 aromatic rings. The van der Waals surface area contributed by atoms with E-state index in [9.17, 15) is 0 Å². The summed E-state index contributed by atoms with van der Waals surface area (Å²) < 4.78 is 6.45. The third-order valence-corrected chi connectivity index (χ3v) is 9.10. The summed E-state index contributed by atoms with van der Waals surface area (Å²) in [6.07, 6.45) is 0. The highest BCUT2D eigenvalue weighted by Crippen LogP contribution is 2.37. The number of furan rings is 1. The first kappa shape index (κ1) is 28.6. The average molecular weight is 627 g/mol. The van der Waals surface area contributed by atoms with Gasteiger partial charge in [-0.1, -0.05) is 152 Å². The Morgan fingerprint density at radius 3 is 1.35 bits per heavy atom. The van der Waals surface area contributed by atoms with E-state index in [0.717, 1.165) is 50.0 Å². The third kappa shape index (κ3) is 5.48. The molecule has 0 aliphatic heterocycles. The van der Waals surface area contributed by atoms with Crippen molar-refractivity contribution < 1.29 is 4.42 Å². The van der Waals surface area contributed by atoms with Crippen LogP contribution in [-0.2, 0) is 0 Å². The van der Waals surface area contributed by atoms with Crippen molar-refractivity contribution in [2.45, 2.75) is 0 Å². The monoisotopic (exact) mass is 626 g/mol. The molecule has 2 heterocycles. The van der Waals surface area contributed by atoms with Crippen molar-refractivity contribution in [2.75, 3.05) is 0 Å². The second kappa shape index (κ2) is 12.2. The van der Waals surface area contributed by atoms with Gasteiger partial charge < -0.3 is 4.42 Å². The molecule has 0 radical (unpaired) electrons. The molecule has 230 valence electrons. The molecule has 7 aromatic carbocycles. The minimum absolute atomic E-state index is 0.662. The normalized spacial score (nSPS) is 11.3. The van der Waals surface area contributed by atoms with Crippen LogP contribution in [0.25, 0.3) is 89.2 Å². The molecule has 0 atom stereocenters. The van der Waals surface area contributed by atoms with Gasteiger partial charge >= 0.3 is 0 Å². The molecule has 0 spiro atoms. The Bertz CT molecular complexity index is 2590. The Hall–Kier alpha value is -6.58. The van der Waals surface area contributed by atoms with Crippen LogP contribution in [0.15, 0.2) is 186 Å². The van der Waals surface area contributed by atoms with Gasteiger partial charge in [-0.05, 0) is 74.8 Å². The average Bonchev–Trinajstić information content (AvgIpc) is 3.57. The van der Waals surface area contributed by atoms with Crippen LogP contribution in [-0.4, -0.2) is 9.97 Å². The predicted octanol–water partition coefficient (Wildman–Crippen LogP) is 12.4. The van der Waals surface area contributed by atoms with Gasteiger partial charge in [0, 0.05) is 16.5 Å². The number of fused-ring (bicyclic) bond motifs is 3. The van der Waals surface area contributed by atoms with E-state index < -0.39 is 0 Å². The Morgan fingerprint density at radius 1 is 0.327 bits per heavy atom. The summed E-state index contributed by atoms with van der Waals surface area (Å²) in [5.41, 5.74) is 14.3. The lowest BCUT2D eigenvalue weighted by atomic mass is 9.97. The fraction of sp³-hybridized carbons (Fsp3) is 0. The van der Waals surface area contributed by atoms with E-state index >= 15 is 0 Å². The summed E-state index contributed by atoms with van der Waals surface area (Å²) in [4.78, 5) is 10.3. The van der Waals surface area contributed by atoms with E-state index in [1.54, 1.807) is 0 Å². The zero-order valence-electron chi connectivity index (χ0n) is 26.6. The zero-order valence-corrected chi connectivity index (χ0v) is 26.6. The number of hydrogen-bond donors (Lipinski definition) is 0.